The Morgan fingerprint density at radius 1 is 1.26 bits per heavy atom. The average Bonchev–Trinajstić information content (AvgIpc) is 3.52. The van der Waals surface area contributed by atoms with Crippen LogP contribution in [0, 0.1) is 23.3 Å². The molecule has 0 unspecified atom stereocenters. The van der Waals surface area contributed by atoms with Gasteiger partial charge in [0.25, 0.3) is 0 Å². The van der Waals surface area contributed by atoms with Crippen molar-refractivity contribution in [3.05, 3.63) is 68.7 Å². The van der Waals surface area contributed by atoms with Gasteiger partial charge in [-0.15, -0.1) is 0 Å². The van der Waals surface area contributed by atoms with Crippen molar-refractivity contribution in [1.29, 1.82) is 0 Å². The van der Waals surface area contributed by atoms with Gasteiger partial charge >= 0.3 is 0 Å². The van der Waals surface area contributed by atoms with E-state index in [1.54, 1.807) is 15.3 Å². The number of ether oxygens (including phenoxy) is 1. The van der Waals surface area contributed by atoms with Crippen LogP contribution in [0.25, 0.3) is 28.0 Å². The van der Waals surface area contributed by atoms with Gasteiger partial charge < -0.3 is 9.30 Å². The minimum Gasteiger partial charge on any atom is -0.491 e. The summed E-state index contributed by atoms with van der Waals surface area (Å²) in [7, 11) is 1.26. The van der Waals surface area contributed by atoms with Crippen LogP contribution in [0.2, 0.25) is 0 Å². The van der Waals surface area contributed by atoms with Gasteiger partial charge in [-0.05, 0) is 55.7 Å². The zero-order valence-corrected chi connectivity index (χ0v) is 17.6. The lowest BCUT2D eigenvalue weighted by molar-refractivity contribution is 0.375. The molecular weight excluding hydrogens is 422 g/mol. The Labute approximate surface area is 180 Å². The Kier molecular flexibility index (Phi) is 4.51. The lowest BCUT2D eigenvalue weighted by Crippen LogP contribution is -2.16. The number of hydrogen-bond donors (Lipinski definition) is 1. The molecule has 1 aliphatic carbocycles. The summed E-state index contributed by atoms with van der Waals surface area (Å²) in [6.45, 7) is 1.95. The van der Waals surface area contributed by atoms with Crippen LogP contribution in [-0.4, -0.2) is 26.4 Å². The highest BCUT2D eigenvalue weighted by Gasteiger charge is 2.30. The van der Waals surface area contributed by atoms with E-state index in [4.69, 9.17) is 17.0 Å². The van der Waals surface area contributed by atoms with Gasteiger partial charge in [0.1, 0.15) is 0 Å². The van der Waals surface area contributed by atoms with Gasteiger partial charge in [-0.1, -0.05) is 12.1 Å². The molecule has 5 rings (SSSR count). The molecular formula is C22H18F2N4O2S. The van der Waals surface area contributed by atoms with E-state index in [9.17, 15) is 13.6 Å². The number of halogens is 2. The fourth-order valence-electron chi connectivity index (χ4n) is 3.90. The van der Waals surface area contributed by atoms with Crippen molar-refractivity contribution in [2.24, 2.45) is 0 Å². The van der Waals surface area contributed by atoms with E-state index in [2.05, 4.69) is 10.2 Å². The molecule has 2 aromatic carbocycles. The van der Waals surface area contributed by atoms with Gasteiger partial charge in [-0.3, -0.25) is 14.5 Å². The molecule has 0 amide bonds. The van der Waals surface area contributed by atoms with Gasteiger partial charge in [0.05, 0.1) is 29.3 Å². The van der Waals surface area contributed by atoms with Crippen LogP contribution in [0.15, 0.2) is 41.3 Å². The number of fused-ring (bicyclic) bond motifs is 1. The third-order valence-electron chi connectivity index (χ3n) is 5.48. The predicted octanol–water partition coefficient (Wildman–Crippen LogP) is 4.84. The molecule has 0 atom stereocenters. The first-order chi connectivity index (χ1) is 14.9. The fourth-order valence-corrected chi connectivity index (χ4v) is 4.14. The van der Waals surface area contributed by atoms with Crippen LogP contribution in [-0.2, 0) is 0 Å². The number of rotatable bonds is 4. The Morgan fingerprint density at radius 3 is 2.71 bits per heavy atom. The number of nitrogens with one attached hydrogen (secondary N) is 1. The summed E-state index contributed by atoms with van der Waals surface area (Å²) in [6, 6.07) is 8.61. The number of aromatic amines is 1. The molecule has 0 spiro atoms. The maximum absolute atomic E-state index is 14.4. The summed E-state index contributed by atoms with van der Waals surface area (Å²) >= 11 is 5.42. The van der Waals surface area contributed by atoms with E-state index in [1.165, 1.54) is 7.11 Å². The second-order valence-electron chi connectivity index (χ2n) is 7.64. The minimum atomic E-state index is -1.14. The standard InChI is InChI=1S/C22H18F2N4O2S/c1-11-4-3-5-13(8-11)28-21(25-26-22(28)31)15-10-27(12-6-7-12)18-14(19(15)29)9-16(23)17(24)20(18)30-2/h3-5,8-10,12H,6-7H2,1-2H3,(H,26,31). The first kappa shape index (κ1) is 19.6. The number of pyridine rings is 1. The number of aromatic nitrogens is 4. The molecule has 1 N–H and O–H groups in total. The highest BCUT2D eigenvalue weighted by Crippen LogP contribution is 2.41. The van der Waals surface area contributed by atoms with Gasteiger partial charge in [0, 0.05) is 12.2 Å². The lowest BCUT2D eigenvalue weighted by Gasteiger charge is -2.16. The average molecular weight is 440 g/mol. The smallest absolute Gasteiger partial charge is 0.202 e. The number of aryl methyl sites for hydroxylation is 1. The van der Waals surface area contributed by atoms with Crippen LogP contribution < -0.4 is 10.2 Å². The molecule has 6 nitrogen and oxygen atoms in total. The van der Waals surface area contributed by atoms with Gasteiger partial charge in [0.15, 0.2) is 22.2 Å². The fraction of sp³-hybridized carbons (Fsp3) is 0.227. The SMILES string of the molecule is COc1c(F)c(F)cc2c(=O)c(-c3n[nH]c(=S)n3-c3cccc(C)c3)cn(C3CC3)c12. The van der Waals surface area contributed by atoms with E-state index in [1.807, 2.05) is 31.2 Å². The molecule has 158 valence electrons. The molecule has 9 heteroatoms. The van der Waals surface area contributed by atoms with Crippen molar-refractivity contribution in [1.82, 2.24) is 19.3 Å². The summed E-state index contributed by atoms with van der Waals surface area (Å²) in [5.74, 6) is -2.22. The summed E-state index contributed by atoms with van der Waals surface area (Å²) < 4.78 is 37.7. The first-order valence-corrected chi connectivity index (χ1v) is 10.2. The molecule has 2 heterocycles. The Hall–Kier alpha value is -3.33. The summed E-state index contributed by atoms with van der Waals surface area (Å²) in [5, 5.41) is 7.07. The lowest BCUT2D eigenvalue weighted by atomic mass is 10.1. The maximum atomic E-state index is 14.4. The van der Waals surface area contributed by atoms with E-state index in [0.717, 1.165) is 30.2 Å². The Bertz CT molecular complexity index is 1470. The van der Waals surface area contributed by atoms with Crippen LogP contribution in [0.1, 0.15) is 24.4 Å². The topological polar surface area (TPSA) is 64.8 Å². The molecule has 1 fully saturated rings. The molecule has 1 aliphatic rings. The van der Waals surface area contributed by atoms with Crippen molar-refractivity contribution >= 4 is 23.1 Å². The number of benzene rings is 2. The van der Waals surface area contributed by atoms with Crippen molar-refractivity contribution in [3.8, 4) is 22.8 Å². The van der Waals surface area contributed by atoms with Crippen LogP contribution in [0.4, 0.5) is 8.78 Å². The first-order valence-electron chi connectivity index (χ1n) is 9.76. The van der Waals surface area contributed by atoms with Crippen molar-refractivity contribution in [2.75, 3.05) is 7.11 Å². The zero-order valence-electron chi connectivity index (χ0n) is 16.8. The molecule has 0 radical (unpaired) electrons. The van der Waals surface area contributed by atoms with Crippen LogP contribution >= 0.6 is 12.2 Å². The Morgan fingerprint density at radius 2 is 2.03 bits per heavy atom. The van der Waals surface area contributed by atoms with E-state index in [0.29, 0.717) is 10.6 Å². The highest BCUT2D eigenvalue weighted by atomic mass is 32.1. The Balaban J connectivity index is 1.87. The van der Waals surface area contributed by atoms with Crippen LogP contribution in [0.3, 0.4) is 0 Å². The highest BCUT2D eigenvalue weighted by molar-refractivity contribution is 7.71. The zero-order chi connectivity index (χ0) is 21.9. The molecule has 0 bridgehead atoms. The molecule has 0 saturated heterocycles. The third-order valence-corrected chi connectivity index (χ3v) is 5.76. The second-order valence-corrected chi connectivity index (χ2v) is 8.03. The number of hydrogen-bond acceptors (Lipinski definition) is 4. The summed E-state index contributed by atoms with van der Waals surface area (Å²) in [4.78, 5) is 13.5. The third kappa shape index (κ3) is 3.07. The maximum Gasteiger partial charge on any atom is 0.202 e. The predicted molar refractivity (Wildman–Crippen MR) is 115 cm³/mol. The molecule has 31 heavy (non-hydrogen) atoms. The molecule has 2 aromatic heterocycles. The van der Waals surface area contributed by atoms with E-state index >= 15 is 0 Å². The second kappa shape index (κ2) is 7.12. The van der Waals surface area contributed by atoms with E-state index in [-0.39, 0.29) is 28.3 Å². The van der Waals surface area contributed by atoms with Crippen LogP contribution in [0.5, 0.6) is 5.75 Å². The largest absolute Gasteiger partial charge is 0.491 e. The molecule has 0 aliphatic heterocycles. The quantitative estimate of drug-likeness (QED) is 0.461. The molecule has 4 aromatic rings. The minimum absolute atomic E-state index is 0.0323. The number of methoxy groups -OCH3 is 1. The van der Waals surface area contributed by atoms with E-state index < -0.39 is 17.1 Å². The van der Waals surface area contributed by atoms with Gasteiger partial charge in [0.2, 0.25) is 11.2 Å². The molecule has 1 saturated carbocycles. The van der Waals surface area contributed by atoms with Crippen molar-refractivity contribution < 1.29 is 13.5 Å². The van der Waals surface area contributed by atoms with Gasteiger partial charge in [-0.2, -0.15) is 9.49 Å². The normalized spacial score (nSPS) is 13.7. The summed E-state index contributed by atoms with van der Waals surface area (Å²) in [5.41, 5.74) is 1.76. The number of H-pyrrole nitrogens is 1. The van der Waals surface area contributed by atoms with Gasteiger partial charge in [-0.25, -0.2) is 4.39 Å². The van der Waals surface area contributed by atoms with Crippen molar-refractivity contribution in [2.45, 2.75) is 25.8 Å². The van der Waals surface area contributed by atoms with Crippen molar-refractivity contribution in [3.63, 3.8) is 0 Å². The monoisotopic (exact) mass is 440 g/mol. The summed E-state index contributed by atoms with van der Waals surface area (Å²) in [6.07, 6.45) is 3.37. The number of nitrogens with zero attached hydrogens (tertiary/aromatic N) is 3.